The van der Waals surface area contributed by atoms with Gasteiger partial charge >= 0.3 is 0 Å². The third-order valence-electron chi connectivity index (χ3n) is 4.45. The van der Waals surface area contributed by atoms with Crippen molar-refractivity contribution in [2.75, 3.05) is 33.7 Å². The minimum Gasteiger partial charge on any atom is -0.369 e. The molecule has 0 aliphatic carbocycles. The first-order valence-corrected chi connectivity index (χ1v) is 7.62. The number of aromatic amines is 1. The normalized spacial score (nSPS) is 26.3. The molecular weight excluding hydrogens is 268 g/mol. The van der Waals surface area contributed by atoms with Crippen molar-refractivity contribution >= 4 is 5.91 Å². The molecule has 3 rings (SSSR count). The summed E-state index contributed by atoms with van der Waals surface area (Å²) in [5.41, 5.74) is 2.55. The van der Waals surface area contributed by atoms with Crippen LogP contribution in [0, 0.1) is 5.92 Å². The van der Waals surface area contributed by atoms with Gasteiger partial charge < -0.3 is 14.5 Å². The summed E-state index contributed by atoms with van der Waals surface area (Å²) >= 11 is 0. The van der Waals surface area contributed by atoms with E-state index in [0.717, 1.165) is 37.3 Å². The van der Waals surface area contributed by atoms with Gasteiger partial charge in [0.15, 0.2) is 5.69 Å². The third kappa shape index (κ3) is 2.70. The van der Waals surface area contributed by atoms with E-state index in [1.165, 1.54) is 0 Å². The molecule has 1 aromatic heterocycles. The Kier molecular flexibility index (Phi) is 3.75. The zero-order chi connectivity index (χ0) is 15.1. The lowest BCUT2D eigenvalue weighted by Crippen LogP contribution is -2.49. The number of nitrogens with zero attached hydrogens (tertiary/aromatic N) is 3. The van der Waals surface area contributed by atoms with Crippen LogP contribution in [-0.2, 0) is 11.2 Å². The first-order chi connectivity index (χ1) is 9.95. The van der Waals surface area contributed by atoms with Crippen molar-refractivity contribution in [3.63, 3.8) is 0 Å². The van der Waals surface area contributed by atoms with Crippen molar-refractivity contribution in [3.05, 3.63) is 17.0 Å². The Bertz CT molecular complexity index is 536. The summed E-state index contributed by atoms with van der Waals surface area (Å²) in [6.45, 7) is 6.96. The average Bonchev–Trinajstić information content (AvgIpc) is 2.79. The molecule has 0 aromatic carbocycles. The molecule has 116 valence electrons. The summed E-state index contributed by atoms with van der Waals surface area (Å²) < 4.78 is 5.77. The average molecular weight is 292 g/mol. The molecule has 0 saturated carbocycles. The minimum atomic E-state index is -0.0246. The predicted molar refractivity (Wildman–Crippen MR) is 79.2 cm³/mol. The Morgan fingerprint density at radius 1 is 1.48 bits per heavy atom. The van der Waals surface area contributed by atoms with Crippen LogP contribution < -0.4 is 0 Å². The number of hydrogen-bond donors (Lipinski definition) is 1. The number of carbonyl (C=O) groups is 1. The molecule has 6 heteroatoms. The number of H-pyrrole nitrogens is 1. The molecule has 0 unspecified atom stereocenters. The van der Waals surface area contributed by atoms with Crippen LogP contribution in [0.1, 0.15) is 41.7 Å². The summed E-state index contributed by atoms with van der Waals surface area (Å²) in [4.78, 5) is 16.7. The van der Waals surface area contributed by atoms with Gasteiger partial charge in [-0.3, -0.25) is 9.89 Å². The lowest BCUT2D eigenvalue weighted by atomic mass is 9.98. The monoisotopic (exact) mass is 292 g/mol. The fourth-order valence-electron chi connectivity index (χ4n) is 3.45. The van der Waals surface area contributed by atoms with Gasteiger partial charge in [-0.1, -0.05) is 0 Å². The van der Waals surface area contributed by atoms with E-state index >= 15 is 0 Å². The maximum Gasteiger partial charge on any atom is 0.274 e. The molecule has 1 N–H and O–H groups in total. The van der Waals surface area contributed by atoms with E-state index in [9.17, 15) is 4.79 Å². The summed E-state index contributed by atoms with van der Waals surface area (Å²) in [7, 11) is 3.97. The van der Waals surface area contributed by atoms with Gasteiger partial charge in [-0.25, -0.2) is 0 Å². The second kappa shape index (κ2) is 5.42. The highest BCUT2D eigenvalue weighted by Crippen LogP contribution is 2.30. The Balaban J connectivity index is 1.73. The zero-order valence-electron chi connectivity index (χ0n) is 13.2. The Labute approximate surface area is 125 Å². The van der Waals surface area contributed by atoms with E-state index in [4.69, 9.17) is 4.74 Å². The number of nitrogens with one attached hydrogen (secondary N) is 1. The van der Waals surface area contributed by atoms with E-state index in [0.29, 0.717) is 11.6 Å². The van der Waals surface area contributed by atoms with Crippen LogP contribution in [0.15, 0.2) is 0 Å². The van der Waals surface area contributed by atoms with Gasteiger partial charge in [0.1, 0.15) is 0 Å². The van der Waals surface area contributed by atoms with Gasteiger partial charge in [-0.2, -0.15) is 5.10 Å². The number of fused-ring (bicyclic) bond motifs is 1. The van der Waals surface area contributed by atoms with Gasteiger partial charge in [0, 0.05) is 44.6 Å². The predicted octanol–water partition coefficient (Wildman–Crippen LogP) is 1.07. The number of hydrogen-bond acceptors (Lipinski definition) is 4. The van der Waals surface area contributed by atoms with Crippen LogP contribution in [0.2, 0.25) is 0 Å². The molecular formula is C15H24N4O2. The summed E-state index contributed by atoms with van der Waals surface area (Å²) in [6.07, 6.45) is 0.850. The second-order valence-electron chi connectivity index (χ2n) is 6.53. The van der Waals surface area contributed by atoms with E-state index in [2.05, 4.69) is 22.1 Å². The fraction of sp³-hybridized carbons (Fsp3) is 0.733. The first kappa shape index (κ1) is 14.5. The largest absolute Gasteiger partial charge is 0.369 e. The quantitative estimate of drug-likeness (QED) is 0.905. The van der Waals surface area contributed by atoms with E-state index < -0.39 is 0 Å². The standard InChI is InChI=1S/C15H24N4O2/c1-9-5-12-13(10(2)21-9)16-17-14(12)15(20)19(4)8-11-6-18(3)7-11/h9-11H,5-8H2,1-4H3,(H,16,17)/t9-,10+/m1/s1. The highest BCUT2D eigenvalue weighted by molar-refractivity contribution is 5.94. The number of ether oxygens (including phenoxy) is 1. The van der Waals surface area contributed by atoms with Crippen molar-refractivity contribution in [1.82, 2.24) is 20.0 Å². The lowest BCUT2D eigenvalue weighted by Gasteiger charge is -2.38. The number of aromatic nitrogens is 2. The molecule has 1 amide bonds. The van der Waals surface area contributed by atoms with Crippen molar-refractivity contribution in [3.8, 4) is 0 Å². The number of carbonyl (C=O) groups excluding carboxylic acids is 1. The summed E-state index contributed by atoms with van der Waals surface area (Å²) in [5.74, 6) is 0.600. The Morgan fingerprint density at radius 2 is 2.19 bits per heavy atom. The number of rotatable bonds is 3. The molecule has 1 saturated heterocycles. The maximum absolute atomic E-state index is 12.6. The molecule has 2 atom stereocenters. The maximum atomic E-state index is 12.6. The number of amides is 1. The molecule has 6 nitrogen and oxygen atoms in total. The topological polar surface area (TPSA) is 61.5 Å². The van der Waals surface area contributed by atoms with Crippen LogP contribution in [0.4, 0.5) is 0 Å². The molecule has 1 aromatic rings. The molecule has 21 heavy (non-hydrogen) atoms. The van der Waals surface area contributed by atoms with Crippen molar-refractivity contribution in [2.45, 2.75) is 32.5 Å². The summed E-state index contributed by atoms with van der Waals surface area (Å²) in [6, 6.07) is 0. The molecule has 0 spiro atoms. The van der Waals surface area contributed by atoms with Crippen LogP contribution >= 0.6 is 0 Å². The van der Waals surface area contributed by atoms with Crippen LogP contribution in [-0.4, -0.2) is 65.7 Å². The molecule has 0 radical (unpaired) electrons. The summed E-state index contributed by atoms with van der Waals surface area (Å²) in [5, 5.41) is 7.25. The van der Waals surface area contributed by atoms with Crippen LogP contribution in [0.25, 0.3) is 0 Å². The van der Waals surface area contributed by atoms with E-state index in [1.54, 1.807) is 4.90 Å². The fourth-order valence-corrected chi connectivity index (χ4v) is 3.45. The highest BCUT2D eigenvalue weighted by atomic mass is 16.5. The van der Waals surface area contributed by atoms with Gasteiger partial charge in [0.25, 0.3) is 5.91 Å². The lowest BCUT2D eigenvalue weighted by molar-refractivity contribution is -0.00703. The Hall–Kier alpha value is -1.40. The van der Waals surface area contributed by atoms with Crippen molar-refractivity contribution in [1.29, 1.82) is 0 Å². The van der Waals surface area contributed by atoms with Crippen molar-refractivity contribution in [2.24, 2.45) is 5.92 Å². The van der Waals surface area contributed by atoms with Crippen LogP contribution in [0.5, 0.6) is 0 Å². The van der Waals surface area contributed by atoms with Gasteiger partial charge in [-0.05, 0) is 20.9 Å². The molecule has 0 bridgehead atoms. The minimum absolute atomic E-state index is 0.0170. The molecule has 2 aliphatic heterocycles. The van der Waals surface area contributed by atoms with Gasteiger partial charge in [-0.15, -0.1) is 0 Å². The second-order valence-corrected chi connectivity index (χ2v) is 6.53. The molecule has 2 aliphatic rings. The Morgan fingerprint density at radius 3 is 2.86 bits per heavy atom. The first-order valence-electron chi connectivity index (χ1n) is 7.62. The highest BCUT2D eigenvalue weighted by Gasteiger charge is 2.32. The molecule has 3 heterocycles. The smallest absolute Gasteiger partial charge is 0.274 e. The SMILES string of the molecule is C[C@@H]1Cc2c(C(=O)N(C)CC3CN(C)C3)n[nH]c2[C@H](C)O1. The number of likely N-dealkylation sites (tertiary alicyclic amines) is 1. The van der Waals surface area contributed by atoms with Crippen molar-refractivity contribution < 1.29 is 9.53 Å². The van der Waals surface area contributed by atoms with Gasteiger partial charge in [0.2, 0.25) is 0 Å². The van der Waals surface area contributed by atoms with Crippen LogP contribution in [0.3, 0.4) is 0 Å². The third-order valence-corrected chi connectivity index (χ3v) is 4.45. The van der Waals surface area contributed by atoms with E-state index in [-0.39, 0.29) is 18.1 Å². The zero-order valence-corrected chi connectivity index (χ0v) is 13.2. The molecule has 1 fully saturated rings. The van der Waals surface area contributed by atoms with E-state index in [1.807, 2.05) is 20.9 Å². The van der Waals surface area contributed by atoms with Gasteiger partial charge in [0.05, 0.1) is 17.9 Å².